The van der Waals surface area contributed by atoms with Crippen LogP contribution in [0.5, 0.6) is 0 Å². The molecular formula is C16H14BrF3N2O. The molecule has 0 spiro atoms. The Morgan fingerprint density at radius 2 is 1.74 bits per heavy atom. The van der Waals surface area contributed by atoms with Gasteiger partial charge in [0.05, 0.1) is 5.56 Å². The minimum atomic E-state index is -4.38. The standard InChI is InChI=1S/C16H14BrF3N2O/c17-12-4-6-13(7-5-12)22-15(23)8-9-21-14-3-1-2-11(10-14)16(18,19)20/h1-7,10,21H,8-9H2,(H,22,23). The van der Waals surface area contributed by atoms with Gasteiger partial charge in [0.25, 0.3) is 0 Å². The molecule has 2 N–H and O–H groups in total. The maximum atomic E-state index is 12.6. The van der Waals surface area contributed by atoms with Crippen LogP contribution in [0.3, 0.4) is 0 Å². The first-order valence-electron chi connectivity index (χ1n) is 6.81. The Balaban J connectivity index is 1.82. The minimum absolute atomic E-state index is 0.145. The third-order valence-corrected chi connectivity index (χ3v) is 3.53. The van der Waals surface area contributed by atoms with Gasteiger partial charge in [-0.25, -0.2) is 0 Å². The number of carbonyl (C=O) groups is 1. The highest BCUT2D eigenvalue weighted by Gasteiger charge is 2.30. The fourth-order valence-electron chi connectivity index (χ4n) is 1.88. The van der Waals surface area contributed by atoms with Gasteiger partial charge in [-0.2, -0.15) is 13.2 Å². The molecule has 23 heavy (non-hydrogen) atoms. The number of halogens is 4. The Morgan fingerprint density at radius 3 is 2.39 bits per heavy atom. The van der Waals surface area contributed by atoms with E-state index in [0.29, 0.717) is 11.4 Å². The zero-order valence-electron chi connectivity index (χ0n) is 12.0. The van der Waals surface area contributed by atoms with E-state index in [1.165, 1.54) is 12.1 Å². The summed E-state index contributed by atoms with van der Waals surface area (Å²) in [6.45, 7) is 0.240. The highest BCUT2D eigenvalue weighted by Crippen LogP contribution is 2.30. The molecule has 0 aliphatic rings. The molecule has 0 saturated heterocycles. The molecule has 0 heterocycles. The molecule has 0 unspecified atom stereocenters. The van der Waals surface area contributed by atoms with Crippen molar-refractivity contribution in [2.24, 2.45) is 0 Å². The van der Waals surface area contributed by atoms with E-state index in [2.05, 4.69) is 26.6 Å². The molecule has 2 aromatic rings. The van der Waals surface area contributed by atoms with Gasteiger partial charge in [0.1, 0.15) is 0 Å². The second-order valence-corrected chi connectivity index (χ2v) is 5.73. The van der Waals surface area contributed by atoms with E-state index in [4.69, 9.17) is 0 Å². The summed E-state index contributed by atoms with van der Waals surface area (Å²) in [6.07, 6.45) is -4.23. The number of alkyl halides is 3. The average molecular weight is 387 g/mol. The molecule has 0 aliphatic heterocycles. The van der Waals surface area contributed by atoms with Crippen LogP contribution in [0, 0.1) is 0 Å². The second kappa shape index (κ2) is 7.50. The lowest BCUT2D eigenvalue weighted by Crippen LogP contribution is -2.16. The van der Waals surface area contributed by atoms with Crippen LogP contribution in [0.4, 0.5) is 24.5 Å². The van der Waals surface area contributed by atoms with Crippen LogP contribution in [0.15, 0.2) is 53.0 Å². The van der Waals surface area contributed by atoms with Crippen molar-refractivity contribution < 1.29 is 18.0 Å². The highest BCUT2D eigenvalue weighted by molar-refractivity contribution is 9.10. The van der Waals surface area contributed by atoms with Crippen molar-refractivity contribution in [2.75, 3.05) is 17.2 Å². The number of nitrogens with one attached hydrogen (secondary N) is 2. The number of carbonyl (C=O) groups excluding carboxylic acids is 1. The predicted molar refractivity (Wildman–Crippen MR) is 87.3 cm³/mol. The van der Waals surface area contributed by atoms with E-state index < -0.39 is 11.7 Å². The highest BCUT2D eigenvalue weighted by atomic mass is 79.9. The molecule has 122 valence electrons. The van der Waals surface area contributed by atoms with E-state index >= 15 is 0 Å². The third-order valence-electron chi connectivity index (χ3n) is 3.00. The number of hydrogen-bond acceptors (Lipinski definition) is 2. The van der Waals surface area contributed by atoms with Crippen molar-refractivity contribution in [3.63, 3.8) is 0 Å². The zero-order valence-corrected chi connectivity index (χ0v) is 13.5. The third kappa shape index (κ3) is 5.59. The van der Waals surface area contributed by atoms with Gasteiger partial charge in [-0.15, -0.1) is 0 Å². The molecule has 2 rings (SSSR count). The van der Waals surface area contributed by atoms with Crippen molar-refractivity contribution >= 4 is 33.2 Å². The number of amides is 1. The van der Waals surface area contributed by atoms with Crippen LogP contribution >= 0.6 is 15.9 Å². The zero-order chi connectivity index (χ0) is 16.9. The van der Waals surface area contributed by atoms with Gasteiger partial charge >= 0.3 is 6.18 Å². The van der Waals surface area contributed by atoms with Gasteiger partial charge in [-0.1, -0.05) is 22.0 Å². The van der Waals surface area contributed by atoms with E-state index in [1.54, 1.807) is 24.3 Å². The van der Waals surface area contributed by atoms with Crippen LogP contribution in [-0.2, 0) is 11.0 Å². The molecule has 0 aliphatic carbocycles. The fourth-order valence-corrected chi connectivity index (χ4v) is 2.15. The van der Waals surface area contributed by atoms with E-state index in [9.17, 15) is 18.0 Å². The van der Waals surface area contributed by atoms with E-state index in [1.807, 2.05) is 0 Å². The maximum Gasteiger partial charge on any atom is 0.416 e. The molecule has 0 saturated carbocycles. The maximum absolute atomic E-state index is 12.6. The van der Waals surface area contributed by atoms with Gasteiger partial charge in [0.15, 0.2) is 0 Å². The molecule has 0 bridgehead atoms. The Bertz CT molecular complexity index is 672. The molecule has 0 fully saturated rings. The normalized spacial score (nSPS) is 11.1. The molecular weight excluding hydrogens is 373 g/mol. The largest absolute Gasteiger partial charge is 0.416 e. The van der Waals surface area contributed by atoms with Crippen molar-refractivity contribution in [3.05, 3.63) is 58.6 Å². The van der Waals surface area contributed by atoms with Crippen LogP contribution in [-0.4, -0.2) is 12.5 Å². The Labute approximate surface area is 140 Å². The number of hydrogen-bond donors (Lipinski definition) is 2. The van der Waals surface area contributed by atoms with Gasteiger partial charge in [0.2, 0.25) is 5.91 Å². The summed E-state index contributed by atoms with van der Waals surface area (Å²) >= 11 is 3.30. The van der Waals surface area contributed by atoms with Gasteiger partial charge in [-0.3, -0.25) is 4.79 Å². The lowest BCUT2D eigenvalue weighted by Gasteiger charge is -2.10. The monoisotopic (exact) mass is 386 g/mol. The van der Waals surface area contributed by atoms with E-state index in [0.717, 1.165) is 16.6 Å². The molecule has 1 amide bonds. The van der Waals surface area contributed by atoms with Crippen LogP contribution in [0.2, 0.25) is 0 Å². The quantitative estimate of drug-likeness (QED) is 0.766. The first kappa shape index (κ1) is 17.3. The predicted octanol–water partition coefficient (Wildman–Crippen LogP) is 4.91. The Kier molecular flexibility index (Phi) is 5.65. The molecule has 7 heteroatoms. The van der Waals surface area contributed by atoms with Gasteiger partial charge < -0.3 is 10.6 Å². The first-order chi connectivity index (χ1) is 10.8. The number of rotatable bonds is 5. The molecule has 0 atom stereocenters. The number of benzene rings is 2. The average Bonchev–Trinajstić information content (AvgIpc) is 2.49. The summed E-state index contributed by atoms with van der Waals surface area (Å²) in [5.74, 6) is -0.216. The van der Waals surface area contributed by atoms with Crippen molar-refractivity contribution in [1.29, 1.82) is 0 Å². The summed E-state index contributed by atoms with van der Waals surface area (Å²) in [7, 11) is 0. The summed E-state index contributed by atoms with van der Waals surface area (Å²) in [4.78, 5) is 11.8. The summed E-state index contributed by atoms with van der Waals surface area (Å²) in [6, 6.07) is 12.0. The first-order valence-corrected chi connectivity index (χ1v) is 7.60. The van der Waals surface area contributed by atoms with Crippen LogP contribution in [0.1, 0.15) is 12.0 Å². The smallest absolute Gasteiger partial charge is 0.385 e. The summed E-state index contributed by atoms with van der Waals surface area (Å²) in [5, 5.41) is 5.53. The molecule has 2 aromatic carbocycles. The fraction of sp³-hybridized carbons (Fsp3) is 0.188. The second-order valence-electron chi connectivity index (χ2n) is 4.81. The van der Waals surface area contributed by atoms with Gasteiger partial charge in [0, 0.05) is 28.8 Å². The topological polar surface area (TPSA) is 41.1 Å². The van der Waals surface area contributed by atoms with Crippen molar-refractivity contribution in [2.45, 2.75) is 12.6 Å². The lowest BCUT2D eigenvalue weighted by atomic mass is 10.2. The van der Waals surface area contributed by atoms with E-state index in [-0.39, 0.29) is 18.9 Å². The Hall–Kier alpha value is -2.02. The van der Waals surface area contributed by atoms with Crippen LogP contribution < -0.4 is 10.6 Å². The van der Waals surface area contributed by atoms with Crippen molar-refractivity contribution in [1.82, 2.24) is 0 Å². The van der Waals surface area contributed by atoms with Crippen LogP contribution in [0.25, 0.3) is 0 Å². The van der Waals surface area contributed by atoms with Gasteiger partial charge in [-0.05, 0) is 42.5 Å². The molecule has 0 radical (unpaired) electrons. The minimum Gasteiger partial charge on any atom is -0.385 e. The SMILES string of the molecule is O=C(CCNc1cccc(C(F)(F)F)c1)Nc1ccc(Br)cc1. The number of anilines is 2. The molecule has 0 aromatic heterocycles. The summed E-state index contributed by atoms with van der Waals surface area (Å²) in [5.41, 5.74) is 0.273. The summed E-state index contributed by atoms with van der Waals surface area (Å²) < 4.78 is 38.7. The van der Waals surface area contributed by atoms with Crippen molar-refractivity contribution in [3.8, 4) is 0 Å². The Morgan fingerprint density at radius 1 is 1.04 bits per heavy atom. The lowest BCUT2D eigenvalue weighted by molar-refractivity contribution is -0.137. The molecule has 3 nitrogen and oxygen atoms in total.